The van der Waals surface area contributed by atoms with Gasteiger partial charge in [0.1, 0.15) is 6.04 Å². The van der Waals surface area contributed by atoms with Gasteiger partial charge in [-0.25, -0.2) is 0 Å². The van der Waals surface area contributed by atoms with E-state index in [1.54, 1.807) is 0 Å². The Morgan fingerprint density at radius 2 is 2.06 bits per heavy atom. The first-order chi connectivity index (χ1) is 8.08. The van der Waals surface area contributed by atoms with Crippen LogP contribution in [0.3, 0.4) is 0 Å². The highest BCUT2D eigenvalue weighted by atomic mass is 16.4. The largest absolute Gasteiger partial charge is 0.480 e. The summed E-state index contributed by atoms with van der Waals surface area (Å²) in [7, 11) is 0. The number of nitrogens with zero attached hydrogens (tertiary/aromatic N) is 1. The SMILES string of the molecule is CC(C)CN1Cc2ccccc2C[C@H]1C(=O)O. The lowest BCUT2D eigenvalue weighted by Crippen LogP contribution is -2.46. The molecule has 3 heteroatoms. The first-order valence-corrected chi connectivity index (χ1v) is 6.11. The van der Waals surface area contributed by atoms with Gasteiger partial charge < -0.3 is 5.11 Å². The summed E-state index contributed by atoms with van der Waals surface area (Å²) in [6.07, 6.45) is 0.623. The molecule has 0 radical (unpaired) electrons. The van der Waals surface area contributed by atoms with E-state index < -0.39 is 5.97 Å². The van der Waals surface area contributed by atoms with Crippen LogP contribution in [0.5, 0.6) is 0 Å². The monoisotopic (exact) mass is 233 g/mol. The first-order valence-electron chi connectivity index (χ1n) is 6.11. The predicted octanol–water partition coefficient (Wildman–Crippen LogP) is 2.15. The Morgan fingerprint density at radius 1 is 1.41 bits per heavy atom. The maximum Gasteiger partial charge on any atom is 0.321 e. The Balaban J connectivity index is 2.24. The lowest BCUT2D eigenvalue weighted by molar-refractivity contribution is -0.144. The molecule has 92 valence electrons. The first kappa shape index (κ1) is 12.1. The molecule has 1 atom stereocenters. The summed E-state index contributed by atoms with van der Waals surface area (Å²) >= 11 is 0. The molecule has 17 heavy (non-hydrogen) atoms. The van der Waals surface area contributed by atoms with E-state index in [1.165, 1.54) is 11.1 Å². The number of fused-ring (bicyclic) bond motifs is 1. The molecule has 1 aromatic rings. The molecule has 0 aliphatic carbocycles. The van der Waals surface area contributed by atoms with Crippen molar-refractivity contribution >= 4 is 5.97 Å². The fourth-order valence-electron chi connectivity index (χ4n) is 2.48. The van der Waals surface area contributed by atoms with Crippen LogP contribution in [0, 0.1) is 5.92 Å². The van der Waals surface area contributed by atoms with Gasteiger partial charge in [0.25, 0.3) is 0 Å². The van der Waals surface area contributed by atoms with E-state index in [1.807, 2.05) is 18.2 Å². The highest BCUT2D eigenvalue weighted by Crippen LogP contribution is 2.24. The molecule has 0 fully saturated rings. The van der Waals surface area contributed by atoms with Crippen LogP contribution in [0.2, 0.25) is 0 Å². The standard InChI is InChI=1S/C14H19NO2/c1-10(2)8-15-9-12-6-4-3-5-11(12)7-13(15)14(16)17/h3-6,10,13H,7-9H2,1-2H3,(H,16,17)/t13-/m0/s1. The summed E-state index contributed by atoms with van der Waals surface area (Å²) in [5, 5.41) is 9.31. The molecule has 1 heterocycles. The maximum atomic E-state index is 11.3. The lowest BCUT2D eigenvalue weighted by atomic mass is 9.93. The van der Waals surface area contributed by atoms with Crippen molar-refractivity contribution in [1.29, 1.82) is 0 Å². The number of rotatable bonds is 3. The Hall–Kier alpha value is -1.35. The lowest BCUT2D eigenvalue weighted by Gasteiger charge is -2.35. The van der Waals surface area contributed by atoms with E-state index in [-0.39, 0.29) is 6.04 Å². The van der Waals surface area contributed by atoms with Crippen molar-refractivity contribution in [3.8, 4) is 0 Å². The van der Waals surface area contributed by atoms with E-state index in [4.69, 9.17) is 0 Å². The topological polar surface area (TPSA) is 40.5 Å². The van der Waals surface area contributed by atoms with Gasteiger partial charge in [0, 0.05) is 13.1 Å². The Kier molecular flexibility index (Phi) is 3.48. The van der Waals surface area contributed by atoms with Gasteiger partial charge in [-0.15, -0.1) is 0 Å². The molecular formula is C14H19NO2. The molecular weight excluding hydrogens is 214 g/mol. The Labute approximate surface area is 102 Å². The van der Waals surface area contributed by atoms with Crippen molar-refractivity contribution in [3.63, 3.8) is 0 Å². The highest BCUT2D eigenvalue weighted by Gasteiger charge is 2.31. The van der Waals surface area contributed by atoms with Crippen LogP contribution in [0.25, 0.3) is 0 Å². The van der Waals surface area contributed by atoms with E-state index in [9.17, 15) is 9.90 Å². The number of benzene rings is 1. The Morgan fingerprint density at radius 3 is 2.65 bits per heavy atom. The summed E-state index contributed by atoms with van der Waals surface area (Å²) in [5.41, 5.74) is 2.45. The second-order valence-corrected chi connectivity index (χ2v) is 5.15. The van der Waals surface area contributed by atoms with Gasteiger partial charge in [-0.2, -0.15) is 0 Å². The molecule has 0 aromatic heterocycles. The van der Waals surface area contributed by atoms with Crippen LogP contribution in [0.15, 0.2) is 24.3 Å². The zero-order valence-corrected chi connectivity index (χ0v) is 10.4. The molecule has 1 N–H and O–H groups in total. The van der Waals surface area contributed by atoms with Gasteiger partial charge in [-0.05, 0) is 23.5 Å². The zero-order valence-electron chi connectivity index (χ0n) is 10.4. The summed E-state index contributed by atoms with van der Waals surface area (Å²) in [4.78, 5) is 13.4. The second-order valence-electron chi connectivity index (χ2n) is 5.15. The van der Waals surface area contributed by atoms with Crippen molar-refractivity contribution in [3.05, 3.63) is 35.4 Å². The third-order valence-corrected chi connectivity index (χ3v) is 3.23. The summed E-state index contributed by atoms with van der Waals surface area (Å²) in [6, 6.07) is 7.77. The molecule has 0 bridgehead atoms. The van der Waals surface area contributed by atoms with E-state index in [0.717, 1.165) is 13.1 Å². The van der Waals surface area contributed by atoms with Crippen LogP contribution < -0.4 is 0 Å². The van der Waals surface area contributed by atoms with E-state index in [0.29, 0.717) is 12.3 Å². The van der Waals surface area contributed by atoms with Crippen LogP contribution in [0.4, 0.5) is 0 Å². The van der Waals surface area contributed by atoms with Gasteiger partial charge in [0.2, 0.25) is 0 Å². The van der Waals surface area contributed by atoms with Gasteiger partial charge >= 0.3 is 5.97 Å². The minimum Gasteiger partial charge on any atom is -0.480 e. The predicted molar refractivity (Wildman–Crippen MR) is 66.8 cm³/mol. The average Bonchev–Trinajstić information content (AvgIpc) is 2.27. The highest BCUT2D eigenvalue weighted by molar-refractivity contribution is 5.74. The second kappa shape index (κ2) is 4.88. The molecule has 0 saturated carbocycles. The van der Waals surface area contributed by atoms with Gasteiger partial charge in [-0.1, -0.05) is 38.1 Å². The molecule has 0 amide bonds. The zero-order chi connectivity index (χ0) is 12.4. The smallest absolute Gasteiger partial charge is 0.321 e. The number of aliphatic carboxylic acids is 1. The summed E-state index contributed by atoms with van der Waals surface area (Å²) in [6.45, 7) is 5.84. The van der Waals surface area contributed by atoms with E-state index in [2.05, 4.69) is 24.8 Å². The van der Waals surface area contributed by atoms with Gasteiger partial charge in [-0.3, -0.25) is 9.69 Å². The molecule has 2 rings (SSSR count). The molecule has 0 unspecified atom stereocenters. The third-order valence-electron chi connectivity index (χ3n) is 3.23. The van der Waals surface area contributed by atoms with Crippen LogP contribution in [-0.2, 0) is 17.8 Å². The molecule has 1 aliphatic heterocycles. The number of hydrogen-bond acceptors (Lipinski definition) is 2. The molecule has 1 aromatic carbocycles. The third kappa shape index (κ3) is 2.67. The molecule has 1 aliphatic rings. The van der Waals surface area contributed by atoms with Crippen molar-refractivity contribution in [2.45, 2.75) is 32.9 Å². The number of hydrogen-bond donors (Lipinski definition) is 1. The van der Waals surface area contributed by atoms with Gasteiger partial charge in [0.05, 0.1) is 0 Å². The summed E-state index contributed by atoms with van der Waals surface area (Å²) < 4.78 is 0. The fraction of sp³-hybridized carbons (Fsp3) is 0.500. The summed E-state index contributed by atoms with van der Waals surface area (Å²) in [5.74, 6) is -0.220. The van der Waals surface area contributed by atoms with Crippen molar-refractivity contribution < 1.29 is 9.90 Å². The normalized spacial score (nSPS) is 20.3. The number of carbonyl (C=O) groups is 1. The van der Waals surface area contributed by atoms with Gasteiger partial charge in [0.15, 0.2) is 0 Å². The molecule has 0 spiro atoms. The minimum absolute atomic E-state index is 0.368. The van der Waals surface area contributed by atoms with Crippen molar-refractivity contribution in [2.75, 3.05) is 6.54 Å². The maximum absolute atomic E-state index is 11.3. The van der Waals surface area contributed by atoms with Crippen LogP contribution in [-0.4, -0.2) is 28.6 Å². The molecule has 3 nitrogen and oxygen atoms in total. The van der Waals surface area contributed by atoms with Crippen molar-refractivity contribution in [1.82, 2.24) is 4.90 Å². The fourth-order valence-corrected chi connectivity index (χ4v) is 2.48. The minimum atomic E-state index is -0.708. The van der Waals surface area contributed by atoms with Crippen molar-refractivity contribution in [2.24, 2.45) is 5.92 Å². The average molecular weight is 233 g/mol. The number of carboxylic acids is 1. The number of carboxylic acid groups (broad SMARTS) is 1. The Bertz CT molecular complexity index is 414. The quantitative estimate of drug-likeness (QED) is 0.869. The van der Waals surface area contributed by atoms with E-state index >= 15 is 0 Å². The molecule has 0 saturated heterocycles. The van der Waals surface area contributed by atoms with Crippen LogP contribution in [0.1, 0.15) is 25.0 Å². The van der Waals surface area contributed by atoms with Crippen LogP contribution >= 0.6 is 0 Å².